The normalized spacial score (nSPS) is 16.5. The van der Waals surface area contributed by atoms with Crippen molar-refractivity contribution in [1.29, 1.82) is 0 Å². The topological polar surface area (TPSA) is 121 Å². The summed E-state index contributed by atoms with van der Waals surface area (Å²) in [6.45, 7) is 1.44. The van der Waals surface area contributed by atoms with Gasteiger partial charge >= 0.3 is 0 Å². The smallest absolute Gasteiger partial charge is 0.293 e. The summed E-state index contributed by atoms with van der Waals surface area (Å²) in [4.78, 5) is 33.7. The lowest BCUT2D eigenvalue weighted by Crippen LogP contribution is -2.39. The number of nitrogens with one attached hydrogen (secondary N) is 1. The Hall–Kier alpha value is -3.56. The fourth-order valence-corrected chi connectivity index (χ4v) is 3.73. The van der Waals surface area contributed by atoms with Crippen LogP contribution in [0, 0.1) is 10.1 Å². The number of nitro benzene ring substituents is 1. The number of hydrogen-bond acceptors (Lipinski definition) is 8. The van der Waals surface area contributed by atoms with E-state index in [2.05, 4.69) is 25.1 Å². The molecule has 1 aliphatic heterocycles. The van der Waals surface area contributed by atoms with E-state index in [0.717, 1.165) is 25.2 Å². The molecular formula is C18H19N7O3. The summed E-state index contributed by atoms with van der Waals surface area (Å²) in [6.07, 6.45) is 4.91. The number of hydrogen-bond donors (Lipinski definition) is 1. The number of rotatable bonds is 5. The molecule has 0 spiro atoms. The number of benzene rings is 1. The third-order valence-electron chi connectivity index (χ3n) is 5.06. The molecular weight excluding hydrogens is 362 g/mol. The Balaban J connectivity index is 1.67. The van der Waals surface area contributed by atoms with Crippen LogP contribution < -0.4 is 15.4 Å². The maximum Gasteiger partial charge on any atom is 0.293 e. The Morgan fingerprint density at radius 1 is 1.43 bits per heavy atom. The molecule has 144 valence electrons. The predicted molar refractivity (Wildman–Crippen MR) is 105 cm³/mol. The lowest BCUT2D eigenvalue weighted by Gasteiger charge is -2.30. The fraction of sp³-hybridized carbons (Fsp3) is 0.333. The predicted octanol–water partition coefficient (Wildman–Crippen LogP) is 1.73. The van der Waals surface area contributed by atoms with Crippen LogP contribution in [0.15, 0.2) is 41.6 Å². The van der Waals surface area contributed by atoms with Crippen LogP contribution in [0.2, 0.25) is 0 Å². The lowest BCUT2D eigenvalue weighted by molar-refractivity contribution is -0.384. The van der Waals surface area contributed by atoms with E-state index >= 15 is 0 Å². The lowest BCUT2D eigenvalue weighted by atomic mass is 10.1. The van der Waals surface area contributed by atoms with Gasteiger partial charge in [0.05, 0.1) is 22.2 Å². The van der Waals surface area contributed by atoms with Crippen molar-refractivity contribution in [2.75, 3.05) is 29.9 Å². The van der Waals surface area contributed by atoms with Gasteiger partial charge in [-0.2, -0.15) is 5.10 Å². The van der Waals surface area contributed by atoms with E-state index in [4.69, 9.17) is 0 Å². The zero-order valence-corrected chi connectivity index (χ0v) is 15.3. The van der Waals surface area contributed by atoms with Gasteiger partial charge in [0.25, 0.3) is 11.2 Å². The van der Waals surface area contributed by atoms with Crippen molar-refractivity contribution >= 4 is 28.1 Å². The van der Waals surface area contributed by atoms with Crippen LogP contribution in [0.25, 0.3) is 10.9 Å². The molecule has 1 unspecified atom stereocenters. The number of fused-ring (bicyclic) bond motifs is 1. The second-order valence-corrected chi connectivity index (χ2v) is 6.80. The first-order chi connectivity index (χ1) is 13.5. The Kier molecular flexibility index (Phi) is 4.60. The van der Waals surface area contributed by atoms with E-state index in [9.17, 15) is 14.9 Å². The summed E-state index contributed by atoms with van der Waals surface area (Å²) in [6, 6.07) is 6.81. The monoisotopic (exact) mass is 381 g/mol. The highest BCUT2D eigenvalue weighted by atomic mass is 16.6. The number of aromatic amines is 1. The number of nitro groups is 1. The molecule has 0 amide bonds. The maximum absolute atomic E-state index is 12.0. The summed E-state index contributed by atoms with van der Waals surface area (Å²) < 4.78 is 0. The van der Waals surface area contributed by atoms with Gasteiger partial charge in [0, 0.05) is 38.4 Å². The Bertz CT molecular complexity index is 1070. The van der Waals surface area contributed by atoms with Crippen LogP contribution in [0.5, 0.6) is 0 Å². The third-order valence-corrected chi connectivity index (χ3v) is 5.06. The van der Waals surface area contributed by atoms with Gasteiger partial charge in [-0.1, -0.05) is 0 Å². The highest BCUT2D eigenvalue weighted by molar-refractivity contribution is 5.86. The molecule has 0 aliphatic carbocycles. The molecule has 2 aromatic heterocycles. The van der Waals surface area contributed by atoms with Crippen molar-refractivity contribution in [2.24, 2.45) is 0 Å². The van der Waals surface area contributed by atoms with E-state index in [0.29, 0.717) is 17.7 Å². The molecule has 10 heteroatoms. The molecule has 0 radical (unpaired) electrons. The van der Waals surface area contributed by atoms with E-state index in [1.807, 2.05) is 24.1 Å². The molecule has 3 heterocycles. The van der Waals surface area contributed by atoms with Crippen molar-refractivity contribution in [3.05, 3.63) is 57.3 Å². The van der Waals surface area contributed by atoms with Crippen LogP contribution in [-0.4, -0.2) is 51.3 Å². The van der Waals surface area contributed by atoms with Gasteiger partial charge in [0.1, 0.15) is 5.69 Å². The Morgan fingerprint density at radius 2 is 2.29 bits per heavy atom. The van der Waals surface area contributed by atoms with E-state index in [-0.39, 0.29) is 17.1 Å². The number of nitrogens with zero attached hydrogens (tertiary/aromatic N) is 6. The van der Waals surface area contributed by atoms with Crippen LogP contribution in [0.3, 0.4) is 0 Å². The zero-order valence-electron chi connectivity index (χ0n) is 15.3. The van der Waals surface area contributed by atoms with Crippen molar-refractivity contribution in [3.63, 3.8) is 0 Å². The van der Waals surface area contributed by atoms with Gasteiger partial charge in [-0.3, -0.25) is 14.9 Å². The number of likely N-dealkylation sites (N-methyl/N-ethyl adjacent to an activating group) is 1. The van der Waals surface area contributed by atoms with Gasteiger partial charge < -0.3 is 14.8 Å². The van der Waals surface area contributed by atoms with Gasteiger partial charge in [0.15, 0.2) is 5.82 Å². The first-order valence-corrected chi connectivity index (χ1v) is 8.96. The molecule has 0 saturated carbocycles. The Morgan fingerprint density at radius 3 is 3.04 bits per heavy atom. The summed E-state index contributed by atoms with van der Waals surface area (Å²) in [5, 5.41) is 20.0. The second-order valence-electron chi connectivity index (χ2n) is 6.80. The average molecular weight is 381 g/mol. The molecule has 1 aromatic carbocycles. The SMILES string of the molecule is CN(CC1CCCN1c1cccnn1)c1cc2nc[nH]c(=O)c2cc1[N+](=O)[O-]. The van der Waals surface area contributed by atoms with Crippen LogP contribution in [0.4, 0.5) is 17.2 Å². The number of aromatic nitrogens is 4. The van der Waals surface area contributed by atoms with Crippen LogP contribution in [-0.2, 0) is 0 Å². The van der Waals surface area contributed by atoms with Crippen molar-refractivity contribution in [1.82, 2.24) is 20.2 Å². The van der Waals surface area contributed by atoms with Crippen LogP contribution >= 0.6 is 0 Å². The van der Waals surface area contributed by atoms with Gasteiger partial charge in [-0.15, -0.1) is 5.10 Å². The standard InChI is InChI=1S/C18H19N7O3/c1-23(10-12-4-3-7-24(12)17-5-2-6-21-22-17)15-9-14-13(8-16(15)25(27)28)18(26)20-11-19-14/h2,5-6,8-9,11-12H,3-4,7,10H2,1H3,(H,19,20,26). The molecule has 28 heavy (non-hydrogen) atoms. The largest absolute Gasteiger partial charge is 0.367 e. The molecule has 1 saturated heterocycles. The van der Waals surface area contributed by atoms with E-state index < -0.39 is 10.5 Å². The molecule has 1 atom stereocenters. The molecule has 3 aromatic rings. The summed E-state index contributed by atoms with van der Waals surface area (Å²) in [5.74, 6) is 0.805. The van der Waals surface area contributed by atoms with E-state index in [1.54, 1.807) is 12.3 Å². The van der Waals surface area contributed by atoms with Crippen molar-refractivity contribution in [3.8, 4) is 0 Å². The first-order valence-electron chi connectivity index (χ1n) is 8.96. The van der Waals surface area contributed by atoms with E-state index in [1.165, 1.54) is 12.4 Å². The minimum Gasteiger partial charge on any atom is -0.367 e. The third kappa shape index (κ3) is 3.24. The number of anilines is 2. The second kappa shape index (κ2) is 7.22. The van der Waals surface area contributed by atoms with Gasteiger partial charge in [0.2, 0.25) is 0 Å². The first kappa shape index (κ1) is 17.8. The molecule has 1 N–H and O–H groups in total. The van der Waals surface area contributed by atoms with Crippen molar-refractivity contribution in [2.45, 2.75) is 18.9 Å². The minimum absolute atomic E-state index is 0.113. The van der Waals surface area contributed by atoms with Crippen LogP contribution in [0.1, 0.15) is 12.8 Å². The molecule has 10 nitrogen and oxygen atoms in total. The Labute approximate surface area is 160 Å². The summed E-state index contributed by atoms with van der Waals surface area (Å²) in [7, 11) is 1.81. The summed E-state index contributed by atoms with van der Waals surface area (Å²) >= 11 is 0. The molecule has 1 aliphatic rings. The molecule has 4 rings (SSSR count). The number of H-pyrrole nitrogens is 1. The summed E-state index contributed by atoms with van der Waals surface area (Å²) in [5.41, 5.74) is 0.347. The zero-order chi connectivity index (χ0) is 19.7. The fourth-order valence-electron chi connectivity index (χ4n) is 3.73. The molecule has 0 bridgehead atoms. The maximum atomic E-state index is 12.0. The molecule has 1 fully saturated rings. The highest BCUT2D eigenvalue weighted by Crippen LogP contribution is 2.32. The minimum atomic E-state index is -0.465. The average Bonchev–Trinajstić information content (AvgIpc) is 3.16. The quantitative estimate of drug-likeness (QED) is 0.524. The highest BCUT2D eigenvalue weighted by Gasteiger charge is 2.29. The van der Waals surface area contributed by atoms with Crippen molar-refractivity contribution < 1.29 is 4.92 Å². The van der Waals surface area contributed by atoms with Gasteiger partial charge in [-0.05, 0) is 31.0 Å². The van der Waals surface area contributed by atoms with Gasteiger partial charge in [-0.25, -0.2) is 4.98 Å².